The molecule has 28 heavy (non-hydrogen) atoms. The Labute approximate surface area is 160 Å². The van der Waals surface area contributed by atoms with Gasteiger partial charge >= 0.3 is 5.97 Å². The van der Waals surface area contributed by atoms with Gasteiger partial charge in [0.25, 0.3) is 5.91 Å². The van der Waals surface area contributed by atoms with E-state index in [0.717, 1.165) is 12.1 Å². The summed E-state index contributed by atoms with van der Waals surface area (Å²) in [7, 11) is 0. The summed E-state index contributed by atoms with van der Waals surface area (Å²) in [5, 5.41) is 10.4. The van der Waals surface area contributed by atoms with Crippen molar-refractivity contribution in [3.63, 3.8) is 0 Å². The molecule has 3 aromatic rings. The number of nitrogens with zero attached hydrogens (tertiary/aromatic N) is 1. The monoisotopic (exact) mass is 387 g/mol. The number of rotatable bonds is 4. The first-order chi connectivity index (χ1) is 13.2. The molecule has 0 aliphatic carbocycles. The minimum atomic E-state index is -1.13. The molecule has 0 atom stereocenters. The lowest BCUT2D eigenvalue weighted by Gasteiger charge is -2.09. The molecule has 0 spiro atoms. The second-order valence-corrected chi connectivity index (χ2v) is 6.75. The van der Waals surface area contributed by atoms with Gasteiger partial charge in [0.1, 0.15) is 5.75 Å². The molecule has 1 aromatic heterocycles. The SMILES string of the molecule is Cc1c(CC(=O)OC(C)C)c2cc(O)ccc2n1C(=O)c1ccc(F)c(F)c1. The highest BCUT2D eigenvalue weighted by Crippen LogP contribution is 2.30. The molecule has 0 saturated heterocycles. The summed E-state index contributed by atoms with van der Waals surface area (Å²) in [4.78, 5) is 25.2. The van der Waals surface area contributed by atoms with Gasteiger partial charge in [-0.2, -0.15) is 0 Å². The van der Waals surface area contributed by atoms with Gasteiger partial charge < -0.3 is 9.84 Å². The molecule has 5 nitrogen and oxygen atoms in total. The molecule has 0 bridgehead atoms. The number of benzene rings is 2. The van der Waals surface area contributed by atoms with Crippen molar-refractivity contribution in [1.82, 2.24) is 4.57 Å². The smallest absolute Gasteiger partial charge is 0.310 e. The first-order valence-electron chi connectivity index (χ1n) is 8.71. The Hall–Kier alpha value is -3.22. The van der Waals surface area contributed by atoms with Gasteiger partial charge in [-0.25, -0.2) is 8.78 Å². The number of carbonyl (C=O) groups excluding carboxylic acids is 2. The third-order valence-corrected chi connectivity index (χ3v) is 4.38. The number of aromatic nitrogens is 1. The fourth-order valence-electron chi connectivity index (χ4n) is 3.16. The van der Waals surface area contributed by atoms with Crippen molar-refractivity contribution in [3.05, 3.63) is 64.9 Å². The van der Waals surface area contributed by atoms with Crippen LogP contribution < -0.4 is 0 Å². The molecule has 0 aliphatic rings. The highest BCUT2D eigenvalue weighted by atomic mass is 19.2. The summed E-state index contributed by atoms with van der Waals surface area (Å²) < 4.78 is 33.3. The van der Waals surface area contributed by atoms with Gasteiger partial charge in [0.05, 0.1) is 18.0 Å². The molecule has 0 amide bonds. The highest BCUT2D eigenvalue weighted by Gasteiger charge is 2.23. The molecule has 146 valence electrons. The minimum absolute atomic E-state index is 0.0246. The average molecular weight is 387 g/mol. The molecule has 7 heteroatoms. The van der Waals surface area contributed by atoms with Gasteiger partial charge in [-0.1, -0.05) is 0 Å². The van der Waals surface area contributed by atoms with E-state index in [2.05, 4.69) is 0 Å². The van der Waals surface area contributed by atoms with E-state index in [0.29, 0.717) is 22.2 Å². The first kappa shape index (κ1) is 19.5. The number of ether oxygens (including phenoxy) is 1. The lowest BCUT2D eigenvalue weighted by Crippen LogP contribution is -2.16. The van der Waals surface area contributed by atoms with Crippen LogP contribution in [-0.2, 0) is 16.0 Å². The van der Waals surface area contributed by atoms with Crippen LogP contribution in [0.4, 0.5) is 8.78 Å². The van der Waals surface area contributed by atoms with Crippen LogP contribution in [0, 0.1) is 18.6 Å². The predicted octanol–water partition coefficient (Wildman–Crippen LogP) is 4.12. The van der Waals surface area contributed by atoms with E-state index in [4.69, 9.17) is 4.74 Å². The van der Waals surface area contributed by atoms with Crippen molar-refractivity contribution in [1.29, 1.82) is 0 Å². The van der Waals surface area contributed by atoms with Crippen molar-refractivity contribution in [2.75, 3.05) is 0 Å². The highest BCUT2D eigenvalue weighted by molar-refractivity contribution is 6.05. The Bertz CT molecular complexity index is 1090. The number of hydrogen-bond acceptors (Lipinski definition) is 4. The number of halogens is 2. The third kappa shape index (κ3) is 3.60. The lowest BCUT2D eigenvalue weighted by atomic mass is 10.1. The van der Waals surface area contributed by atoms with Crippen LogP contribution in [0.1, 0.15) is 35.5 Å². The zero-order chi connectivity index (χ0) is 20.6. The first-order valence-corrected chi connectivity index (χ1v) is 8.71. The van der Waals surface area contributed by atoms with Crippen molar-refractivity contribution >= 4 is 22.8 Å². The van der Waals surface area contributed by atoms with E-state index in [1.165, 1.54) is 28.8 Å². The van der Waals surface area contributed by atoms with Crippen LogP contribution in [0.3, 0.4) is 0 Å². The van der Waals surface area contributed by atoms with Crippen LogP contribution in [0.15, 0.2) is 36.4 Å². The second kappa shape index (κ2) is 7.42. The normalized spacial score (nSPS) is 11.2. The second-order valence-electron chi connectivity index (χ2n) is 6.75. The minimum Gasteiger partial charge on any atom is -0.508 e. The van der Waals surface area contributed by atoms with Crippen molar-refractivity contribution in [2.24, 2.45) is 0 Å². The molecular formula is C21H19F2NO4. The van der Waals surface area contributed by atoms with Gasteiger partial charge in [0.15, 0.2) is 11.6 Å². The van der Waals surface area contributed by atoms with E-state index in [1.54, 1.807) is 20.8 Å². The standard InChI is InChI=1S/C21H19F2NO4/c1-11(2)28-20(26)10-15-12(3)24(19-7-5-14(25)9-16(15)19)21(27)13-4-6-17(22)18(23)8-13/h4-9,11,25H,10H2,1-3H3. The van der Waals surface area contributed by atoms with Gasteiger partial charge in [0, 0.05) is 16.6 Å². The molecule has 2 aromatic carbocycles. The number of phenolic OH excluding ortho intramolecular Hbond substituents is 1. The van der Waals surface area contributed by atoms with Gasteiger partial charge in [-0.15, -0.1) is 0 Å². The zero-order valence-corrected chi connectivity index (χ0v) is 15.6. The van der Waals surface area contributed by atoms with Crippen molar-refractivity contribution in [3.8, 4) is 5.75 Å². The molecular weight excluding hydrogens is 368 g/mol. The lowest BCUT2D eigenvalue weighted by molar-refractivity contribution is -0.146. The Balaban J connectivity index is 2.14. The van der Waals surface area contributed by atoms with E-state index < -0.39 is 23.5 Å². The van der Waals surface area contributed by atoms with Crippen LogP contribution in [0.2, 0.25) is 0 Å². The van der Waals surface area contributed by atoms with Gasteiger partial charge in [0.2, 0.25) is 0 Å². The summed E-state index contributed by atoms with van der Waals surface area (Å²) in [5.74, 6) is -3.24. The number of esters is 1. The number of hydrogen-bond donors (Lipinski definition) is 1. The largest absolute Gasteiger partial charge is 0.508 e. The fourth-order valence-corrected chi connectivity index (χ4v) is 3.16. The summed E-state index contributed by atoms with van der Waals surface area (Å²) >= 11 is 0. The molecule has 0 radical (unpaired) electrons. The van der Waals surface area contributed by atoms with Crippen molar-refractivity contribution < 1.29 is 28.2 Å². The fraction of sp³-hybridized carbons (Fsp3) is 0.238. The number of aromatic hydroxyl groups is 1. The summed E-state index contributed by atoms with van der Waals surface area (Å²) in [5.41, 5.74) is 1.38. The zero-order valence-electron chi connectivity index (χ0n) is 15.6. The maximum Gasteiger partial charge on any atom is 0.310 e. The maximum atomic E-state index is 13.6. The topological polar surface area (TPSA) is 68.5 Å². The summed E-state index contributed by atoms with van der Waals surface area (Å²) in [6, 6.07) is 7.31. The van der Waals surface area contributed by atoms with Gasteiger partial charge in [-0.05, 0) is 62.7 Å². The Morgan fingerprint density at radius 1 is 1.11 bits per heavy atom. The Morgan fingerprint density at radius 3 is 2.46 bits per heavy atom. The molecule has 0 saturated carbocycles. The number of fused-ring (bicyclic) bond motifs is 1. The molecule has 0 unspecified atom stereocenters. The Morgan fingerprint density at radius 2 is 1.82 bits per heavy atom. The van der Waals surface area contributed by atoms with Crippen LogP contribution in [0.25, 0.3) is 10.9 Å². The third-order valence-electron chi connectivity index (χ3n) is 4.38. The van der Waals surface area contributed by atoms with Gasteiger partial charge in [-0.3, -0.25) is 14.2 Å². The summed E-state index contributed by atoms with van der Waals surface area (Å²) in [6.45, 7) is 5.10. The van der Waals surface area contributed by atoms with Crippen LogP contribution >= 0.6 is 0 Å². The average Bonchev–Trinajstić information content (AvgIpc) is 2.87. The van der Waals surface area contributed by atoms with Crippen LogP contribution in [-0.4, -0.2) is 27.7 Å². The molecule has 0 aliphatic heterocycles. The van der Waals surface area contributed by atoms with E-state index in [9.17, 15) is 23.5 Å². The number of carbonyl (C=O) groups is 2. The van der Waals surface area contributed by atoms with Crippen molar-refractivity contribution in [2.45, 2.75) is 33.3 Å². The molecule has 3 rings (SSSR count). The summed E-state index contributed by atoms with van der Waals surface area (Å²) in [6.07, 6.45) is -0.388. The van der Waals surface area contributed by atoms with E-state index in [1.807, 2.05) is 0 Å². The van der Waals surface area contributed by atoms with Crippen LogP contribution in [0.5, 0.6) is 5.75 Å². The molecule has 1 N–H and O–H groups in total. The quantitative estimate of drug-likeness (QED) is 0.684. The number of phenols is 1. The van der Waals surface area contributed by atoms with E-state index >= 15 is 0 Å². The maximum absolute atomic E-state index is 13.6. The Kier molecular flexibility index (Phi) is 5.18. The molecule has 1 heterocycles. The molecule has 0 fully saturated rings. The predicted molar refractivity (Wildman–Crippen MR) is 99.4 cm³/mol. The van der Waals surface area contributed by atoms with E-state index in [-0.39, 0.29) is 23.8 Å².